The number of hydrogen-bond donors (Lipinski definition) is 2. The van der Waals surface area contributed by atoms with Crippen LogP contribution in [0, 0.1) is 0 Å². The first kappa shape index (κ1) is 4.53. The van der Waals surface area contributed by atoms with Gasteiger partial charge in [-0.2, -0.15) is 0 Å². The molecule has 0 saturated heterocycles. The number of hydrogen-bond acceptors (Lipinski definition) is 2. The second-order valence-corrected chi connectivity index (χ2v) is 5.15. The Labute approximate surface area is 48.5 Å². The molecule has 1 aliphatic rings. The average molecular weight is 185 g/mol. The molecule has 0 atom stereocenters. The molecule has 0 aliphatic carbocycles. The Hall–Kier alpha value is 0.370. The zero-order valence-corrected chi connectivity index (χ0v) is 6.73. The van der Waals surface area contributed by atoms with Gasteiger partial charge in [0.1, 0.15) is 0 Å². The molecule has 0 saturated carbocycles. The van der Waals surface area contributed by atoms with E-state index in [0.29, 0.717) is 0 Å². The van der Waals surface area contributed by atoms with Gasteiger partial charge in [0.15, 0.2) is 0 Å². The molecule has 0 amide bonds. The second-order valence-electron chi connectivity index (χ2n) is 1.26. The molecular formula is C3H6InN2. The number of rotatable bonds is 0. The normalized spacial score (nSPS) is 19.7. The Kier molecular flexibility index (Phi) is 1.42. The van der Waals surface area contributed by atoms with Crippen molar-refractivity contribution < 1.29 is 0 Å². The van der Waals surface area contributed by atoms with Gasteiger partial charge in [-0.05, 0) is 0 Å². The molecule has 0 aromatic heterocycles. The van der Waals surface area contributed by atoms with E-state index in [1.807, 2.05) is 0 Å². The van der Waals surface area contributed by atoms with Crippen LogP contribution in [-0.2, 0) is 0 Å². The zero-order chi connectivity index (χ0) is 4.41. The van der Waals surface area contributed by atoms with Gasteiger partial charge >= 0.3 is 48.3 Å². The Morgan fingerprint density at radius 2 is 2.83 bits per heavy atom. The van der Waals surface area contributed by atoms with Crippen LogP contribution < -0.4 is 9.04 Å². The van der Waals surface area contributed by atoms with Gasteiger partial charge in [-0.25, -0.2) is 0 Å². The monoisotopic (exact) mass is 185 g/mol. The minimum atomic E-state index is -0.518. The maximum absolute atomic E-state index is 5.42. The topological polar surface area (TPSA) is 38.0 Å². The van der Waals surface area contributed by atoms with Gasteiger partial charge < -0.3 is 0 Å². The Balaban J connectivity index is 2.45. The van der Waals surface area contributed by atoms with E-state index in [-0.39, 0.29) is 0 Å². The van der Waals surface area contributed by atoms with Gasteiger partial charge in [0.25, 0.3) is 0 Å². The van der Waals surface area contributed by atoms with Crippen molar-refractivity contribution >= 4 is 23.2 Å². The Bertz CT molecular complexity index is 78.9. The molecule has 2 nitrogen and oxygen atoms in total. The van der Waals surface area contributed by atoms with Gasteiger partial charge in [-0.1, -0.05) is 0 Å². The van der Waals surface area contributed by atoms with Gasteiger partial charge in [0.05, 0.1) is 0 Å². The van der Waals surface area contributed by atoms with Crippen molar-refractivity contribution in [2.75, 3.05) is 6.54 Å². The van der Waals surface area contributed by atoms with Gasteiger partial charge in [0, 0.05) is 0 Å². The first-order valence-electron chi connectivity index (χ1n) is 1.92. The fourth-order valence-corrected chi connectivity index (χ4v) is 2.43. The fraction of sp³-hybridized carbons (Fsp3) is 0.333. The predicted molar refractivity (Wildman–Crippen MR) is 26.0 cm³/mol. The van der Waals surface area contributed by atoms with E-state index in [0.717, 1.165) is 10.00 Å². The summed E-state index contributed by atoms with van der Waals surface area (Å²) in [5, 5.41) is 0. The summed E-state index contributed by atoms with van der Waals surface area (Å²) in [6.45, 7) is 1.03. The first-order chi connectivity index (χ1) is 2.89. The van der Waals surface area contributed by atoms with Crippen LogP contribution in [0.1, 0.15) is 0 Å². The third-order valence-electron chi connectivity index (χ3n) is 0.724. The van der Waals surface area contributed by atoms with Crippen molar-refractivity contribution in [2.24, 2.45) is 5.73 Å². The van der Waals surface area contributed by atoms with Crippen LogP contribution in [0.5, 0.6) is 0 Å². The summed E-state index contributed by atoms with van der Waals surface area (Å²) in [5.74, 6) is 0. The van der Waals surface area contributed by atoms with Crippen LogP contribution in [-0.4, -0.2) is 29.7 Å². The molecule has 0 aromatic rings. The van der Waals surface area contributed by atoms with E-state index in [2.05, 4.69) is 9.38 Å². The molecule has 1 rings (SSSR count). The SMILES string of the molecule is N[C]1=CC[NH][In]1. The molecule has 1 heterocycles. The third-order valence-corrected chi connectivity index (χ3v) is 3.60. The number of nitrogens with one attached hydrogen (secondary N) is 1. The molecule has 6 heavy (non-hydrogen) atoms. The Morgan fingerprint density at radius 3 is 3.00 bits per heavy atom. The molecule has 3 N–H and O–H groups in total. The molecule has 0 bridgehead atoms. The van der Waals surface area contributed by atoms with Crippen LogP contribution in [0.3, 0.4) is 0 Å². The molecular weight excluding hydrogens is 179 g/mol. The van der Waals surface area contributed by atoms with Crippen LogP contribution in [0.25, 0.3) is 0 Å². The van der Waals surface area contributed by atoms with Crippen molar-refractivity contribution in [3.05, 3.63) is 9.53 Å². The van der Waals surface area contributed by atoms with E-state index in [1.165, 1.54) is 0 Å². The number of nitrogens with two attached hydrogens (primary N) is 1. The summed E-state index contributed by atoms with van der Waals surface area (Å²) in [6.07, 6.45) is 2.07. The third kappa shape index (κ3) is 0.914. The van der Waals surface area contributed by atoms with Crippen LogP contribution in [0.2, 0.25) is 0 Å². The van der Waals surface area contributed by atoms with Crippen molar-refractivity contribution in [1.82, 2.24) is 3.30 Å². The van der Waals surface area contributed by atoms with E-state index in [9.17, 15) is 0 Å². The van der Waals surface area contributed by atoms with E-state index in [1.54, 1.807) is 0 Å². The summed E-state index contributed by atoms with van der Waals surface area (Å²) in [7, 11) is 0. The van der Waals surface area contributed by atoms with Gasteiger partial charge in [0.2, 0.25) is 0 Å². The average Bonchev–Trinajstić information content (AvgIpc) is 1.86. The standard InChI is InChI=1S/C3H6N2.In/c4-2-1-3-5;/h1,4H,2,5H2;/q-1;+1. The predicted octanol–water partition coefficient (Wildman–Crippen LogP) is -0.991. The van der Waals surface area contributed by atoms with Gasteiger partial charge in [-0.15, -0.1) is 0 Å². The van der Waals surface area contributed by atoms with Gasteiger partial charge in [-0.3, -0.25) is 0 Å². The van der Waals surface area contributed by atoms with E-state index >= 15 is 0 Å². The fourth-order valence-electron chi connectivity index (χ4n) is 0.412. The van der Waals surface area contributed by atoms with Crippen molar-refractivity contribution in [1.29, 1.82) is 0 Å². The van der Waals surface area contributed by atoms with E-state index in [4.69, 9.17) is 5.73 Å². The summed E-state index contributed by atoms with van der Waals surface area (Å²) < 4.78 is 4.40. The molecule has 1 radical (unpaired) electrons. The van der Waals surface area contributed by atoms with Crippen molar-refractivity contribution in [2.45, 2.75) is 0 Å². The van der Waals surface area contributed by atoms with Crippen LogP contribution in [0.4, 0.5) is 0 Å². The molecule has 1 aliphatic heterocycles. The molecule has 0 spiro atoms. The van der Waals surface area contributed by atoms with E-state index < -0.39 is 23.2 Å². The van der Waals surface area contributed by atoms with Crippen molar-refractivity contribution in [3.8, 4) is 0 Å². The van der Waals surface area contributed by atoms with Crippen LogP contribution >= 0.6 is 0 Å². The quantitative estimate of drug-likeness (QED) is 0.508. The van der Waals surface area contributed by atoms with Crippen molar-refractivity contribution in [3.63, 3.8) is 0 Å². The first-order valence-corrected chi connectivity index (χ1v) is 5.21. The van der Waals surface area contributed by atoms with Crippen LogP contribution in [0.15, 0.2) is 9.53 Å². The zero-order valence-electron chi connectivity index (χ0n) is 3.44. The molecule has 3 heteroatoms. The minimum absolute atomic E-state index is 0.518. The summed E-state index contributed by atoms with van der Waals surface area (Å²) in [5.41, 5.74) is 5.42. The molecule has 0 fully saturated rings. The Morgan fingerprint density at radius 1 is 2.00 bits per heavy atom. The maximum atomic E-state index is 5.42. The second kappa shape index (κ2) is 1.89. The summed E-state index contributed by atoms with van der Waals surface area (Å²) in [4.78, 5) is 0. The molecule has 0 aromatic carbocycles. The molecule has 31 valence electrons. The summed E-state index contributed by atoms with van der Waals surface area (Å²) >= 11 is -0.518. The molecule has 0 unspecified atom stereocenters. The summed E-state index contributed by atoms with van der Waals surface area (Å²) in [6, 6.07) is 0.